The summed E-state index contributed by atoms with van der Waals surface area (Å²) in [6.07, 6.45) is 0.901. The van der Waals surface area contributed by atoms with Crippen molar-refractivity contribution >= 4 is 21.6 Å². The summed E-state index contributed by atoms with van der Waals surface area (Å²) in [7, 11) is 1.67. The van der Waals surface area contributed by atoms with E-state index in [2.05, 4.69) is 10.2 Å². The number of methoxy groups -OCH3 is 1. The Balaban J connectivity index is 1.79. The highest BCUT2D eigenvalue weighted by Gasteiger charge is 2.13. The minimum Gasteiger partial charge on any atom is -0.496 e. The van der Waals surface area contributed by atoms with Crippen molar-refractivity contribution in [2.75, 3.05) is 39.8 Å². The Morgan fingerprint density at radius 1 is 1.40 bits per heavy atom. The zero-order valence-corrected chi connectivity index (χ0v) is 12.3. The van der Waals surface area contributed by atoms with Gasteiger partial charge in [0, 0.05) is 38.8 Å². The second-order valence-corrected chi connectivity index (χ2v) is 5.88. The largest absolute Gasteiger partial charge is 0.496 e. The molecule has 2 aromatic rings. The highest BCUT2D eigenvalue weighted by Crippen LogP contribution is 2.28. The van der Waals surface area contributed by atoms with Crippen molar-refractivity contribution in [1.29, 1.82) is 0 Å². The average molecular weight is 294 g/mol. The molecule has 1 aliphatic heterocycles. The summed E-state index contributed by atoms with van der Waals surface area (Å²) in [6.45, 7) is 5.26. The van der Waals surface area contributed by atoms with E-state index in [4.69, 9.17) is 9.15 Å². The van der Waals surface area contributed by atoms with Gasteiger partial charge in [0.15, 0.2) is 0 Å². The highest BCUT2D eigenvalue weighted by molar-refractivity contribution is 7.16. The second-order valence-electron chi connectivity index (χ2n) is 4.91. The molecule has 5 nitrogen and oxygen atoms in total. The van der Waals surface area contributed by atoms with Crippen LogP contribution in [0.3, 0.4) is 0 Å². The number of ether oxygens (including phenoxy) is 1. The molecule has 1 aliphatic rings. The third kappa shape index (κ3) is 2.87. The first-order valence-corrected chi connectivity index (χ1v) is 7.61. The van der Waals surface area contributed by atoms with Gasteiger partial charge in [-0.2, -0.15) is 0 Å². The lowest BCUT2D eigenvalue weighted by Gasteiger charge is -2.27. The van der Waals surface area contributed by atoms with Crippen molar-refractivity contribution in [1.82, 2.24) is 10.2 Å². The molecule has 20 heavy (non-hydrogen) atoms. The molecule has 0 atom stereocenters. The first-order valence-electron chi connectivity index (χ1n) is 6.80. The second kappa shape index (κ2) is 5.95. The van der Waals surface area contributed by atoms with Crippen molar-refractivity contribution in [3.05, 3.63) is 27.4 Å². The molecule has 1 fully saturated rings. The molecule has 0 radical (unpaired) electrons. The molecule has 108 valence electrons. The Kier molecular flexibility index (Phi) is 4.05. The van der Waals surface area contributed by atoms with Gasteiger partial charge in [-0.25, -0.2) is 4.79 Å². The van der Waals surface area contributed by atoms with Crippen LogP contribution >= 0.6 is 11.3 Å². The predicted molar refractivity (Wildman–Crippen MR) is 79.9 cm³/mol. The Labute approximate surface area is 121 Å². The van der Waals surface area contributed by atoms with Gasteiger partial charge >= 0.3 is 4.94 Å². The van der Waals surface area contributed by atoms with Crippen LogP contribution in [-0.2, 0) is 6.42 Å². The minimum atomic E-state index is -0.263. The van der Waals surface area contributed by atoms with Crippen LogP contribution in [0, 0.1) is 0 Å². The first kappa shape index (κ1) is 13.6. The van der Waals surface area contributed by atoms with Crippen LogP contribution < -0.4 is 15.0 Å². The zero-order valence-electron chi connectivity index (χ0n) is 11.5. The summed E-state index contributed by atoms with van der Waals surface area (Å²) in [5.41, 5.74) is 1.76. The van der Waals surface area contributed by atoms with Gasteiger partial charge in [0.05, 0.1) is 11.8 Å². The highest BCUT2D eigenvalue weighted by atomic mass is 32.1. The number of hydrogen-bond donors (Lipinski definition) is 1. The summed E-state index contributed by atoms with van der Waals surface area (Å²) in [6, 6.07) is 3.84. The van der Waals surface area contributed by atoms with E-state index in [1.54, 1.807) is 7.11 Å². The van der Waals surface area contributed by atoms with E-state index < -0.39 is 0 Å². The SMILES string of the molecule is COc1cc2sc(=O)oc2cc1CCN1CCNCC1. The number of nitrogens with zero attached hydrogens (tertiary/aromatic N) is 1. The van der Waals surface area contributed by atoms with Gasteiger partial charge in [0.1, 0.15) is 11.3 Å². The number of fused-ring (bicyclic) bond motifs is 1. The Morgan fingerprint density at radius 3 is 2.95 bits per heavy atom. The molecule has 0 bridgehead atoms. The maximum atomic E-state index is 11.3. The van der Waals surface area contributed by atoms with Crippen molar-refractivity contribution in [3.63, 3.8) is 0 Å². The third-order valence-electron chi connectivity index (χ3n) is 3.64. The van der Waals surface area contributed by atoms with E-state index >= 15 is 0 Å². The zero-order chi connectivity index (χ0) is 13.9. The maximum absolute atomic E-state index is 11.3. The first-order chi connectivity index (χ1) is 9.76. The summed E-state index contributed by atoms with van der Waals surface area (Å²) in [5.74, 6) is 0.838. The molecule has 1 N–H and O–H groups in total. The van der Waals surface area contributed by atoms with E-state index in [0.29, 0.717) is 5.58 Å². The fourth-order valence-corrected chi connectivity index (χ4v) is 3.22. The molecule has 0 aliphatic carbocycles. The number of benzene rings is 1. The van der Waals surface area contributed by atoms with E-state index in [-0.39, 0.29) is 4.94 Å². The molecule has 3 rings (SSSR count). The van der Waals surface area contributed by atoms with Crippen LogP contribution in [-0.4, -0.2) is 44.7 Å². The van der Waals surface area contributed by atoms with Crippen molar-refractivity contribution in [2.45, 2.75) is 6.42 Å². The van der Waals surface area contributed by atoms with Crippen LogP contribution in [0.1, 0.15) is 5.56 Å². The average Bonchev–Trinajstić information content (AvgIpc) is 2.84. The summed E-state index contributed by atoms with van der Waals surface area (Å²) in [4.78, 5) is 13.5. The standard InChI is InChI=1S/C14H18N2O3S/c1-18-11-9-13-12(19-14(17)20-13)8-10(11)2-5-16-6-3-15-4-7-16/h8-9,15H,2-7H2,1H3. The summed E-state index contributed by atoms with van der Waals surface area (Å²) >= 11 is 1.12. The fourth-order valence-electron chi connectivity index (χ4n) is 2.54. The van der Waals surface area contributed by atoms with Gasteiger partial charge in [-0.1, -0.05) is 11.3 Å². The smallest absolute Gasteiger partial charge is 0.396 e. The van der Waals surface area contributed by atoms with E-state index in [0.717, 1.165) is 66.5 Å². The van der Waals surface area contributed by atoms with Crippen molar-refractivity contribution < 1.29 is 9.15 Å². The number of piperazine rings is 1. The van der Waals surface area contributed by atoms with E-state index in [1.807, 2.05) is 12.1 Å². The monoisotopic (exact) mass is 294 g/mol. The molecule has 1 aromatic carbocycles. The maximum Gasteiger partial charge on any atom is 0.396 e. The Hall–Kier alpha value is -1.37. The molecule has 0 saturated carbocycles. The van der Waals surface area contributed by atoms with Crippen LogP contribution in [0.2, 0.25) is 0 Å². The van der Waals surface area contributed by atoms with Gasteiger partial charge in [-0.3, -0.25) is 0 Å². The third-order valence-corrected chi connectivity index (χ3v) is 4.43. The predicted octanol–water partition coefficient (Wildman–Crippen LogP) is 1.31. The van der Waals surface area contributed by atoms with Crippen molar-refractivity contribution in [3.8, 4) is 5.75 Å². The fraction of sp³-hybridized carbons (Fsp3) is 0.500. The van der Waals surface area contributed by atoms with Crippen LogP contribution in [0.15, 0.2) is 21.3 Å². The molecule has 6 heteroatoms. The van der Waals surface area contributed by atoms with Gasteiger partial charge in [0.25, 0.3) is 0 Å². The Bertz CT molecular complexity index is 643. The van der Waals surface area contributed by atoms with E-state index in [9.17, 15) is 4.79 Å². The van der Waals surface area contributed by atoms with Crippen LogP contribution in [0.4, 0.5) is 0 Å². The molecular weight excluding hydrogens is 276 g/mol. The van der Waals surface area contributed by atoms with Gasteiger partial charge in [-0.05, 0) is 18.1 Å². The lowest BCUT2D eigenvalue weighted by atomic mass is 10.1. The topological polar surface area (TPSA) is 54.7 Å². The molecule has 1 aromatic heterocycles. The lowest BCUT2D eigenvalue weighted by molar-refractivity contribution is 0.243. The van der Waals surface area contributed by atoms with Crippen LogP contribution in [0.5, 0.6) is 5.75 Å². The van der Waals surface area contributed by atoms with Crippen LogP contribution in [0.25, 0.3) is 10.3 Å². The van der Waals surface area contributed by atoms with Crippen molar-refractivity contribution in [2.24, 2.45) is 0 Å². The molecule has 0 unspecified atom stereocenters. The van der Waals surface area contributed by atoms with Gasteiger partial charge < -0.3 is 19.4 Å². The molecule has 0 amide bonds. The number of rotatable bonds is 4. The Morgan fingerprint density at radius 2 is 2.20 bits per heavy atom. The van der Waals surface area contributed by atoms with Gasteiger partial charge in [0.2, 0.25) is 0 Å². The minimum absolute atomic E-state index is 0.263. The summed E-state index contributed by atoms with van der Waals surface area (Å²) in [5, 5.41) is 3.35. The quantitative estimate of drug-likeness (QED) is 0.921. The van der Waals surface area contributed by atoms with Gasteiger partial charge in [-0.15, -0.1) is 0 Å². The normalized spacial score (nSPS) is 16.6. The molecule has 0 spiro atoms. The molecule has 2 heterocycles. The molecule has 1 saturated heterocycles. The number of hydrogen-bond acceptors (Lipinski definition) is 6. The molecular formula is C14H18N2O3S. The number of nitrogens with one attached hydrogen (secondary N) is 1. The summed E-state index contributed by atoms with van der Waals surface area (Å²) < 4.78 is 11.5. The lowest BCUT2D eigenvalue weighted by Crippen LogP contribution is -2.44. The van der Waals surface area contributed by atoms with E-state index in [1.165, 1.54) is 0 Å².